The van der Waals surface area contributed by atoms with Gasteiger partial charge in [0.1, 0.15) is 5.82 Å². The Kier molecular flexibility index (Phi) is 6.13. The average Bonchev–Trinajstić information content (AvgIpc) is 3.09. The molecule has 3 aromatic rings. The van der Waals surface area contributed by atoms with Crippen LogP contribution >= 0.6 is 0 Å². The molecule has 0 atom stereocenters. The number of nitrogens with one attached hydrogen (secondary N) is 1. The number of hydrogen-bond acceptors (Lipinski definition) is 2. The average molecular weight is 387 g/mol. The van der Waals surface area contributed by atoms with Crippen LogP contribution in [0, 0.1) is 0 Å². The van der Waals surface area contributed by atoms with Gasteiger partial charge in [-0.15, -0.1) is 0 Å². The Morgan fingerprint density at radius 3 is 2.39 bits per heavy atom. The van der Waals surface area contributed by atoms with Crippen LogP contribution in [0.15, 0.2) is 67.0 Å². The number of aromatic nitrogens is 2. The van der Waals surface area contributed by atoms with Gasteiger partial charge in [0.05, 0.1) is 12.0 Å². The number of benzene rings is 2. The van der Waals surface area contributed by atoms with Gasteiger partial charge in [-0.25, -0.2) is 4.98 Å². The van der Waals surface area contributed by atoms with Crippen LogP contribution in [-0.2, 0) is 30.4 Å². The summed E-state index contributed by atoms with van der Waals surface area (Å²) in [7, 11) is 0. The number of amides is 1. The summed E-state index contributed by atoms with van der Waals surface area (Å²) in [5.74, 6) is 0.625. The highest BCUT2D eigenvalue weighted by atomic mass is 19.4. The van der Waals surface area contributed by atoms with Crippen LogP contribution in [0.4, 0.5) is 13.2 Å². The van der Waals surface area contributed by atoms with Gasteiger partial charge >= 0.3 is 6.18 Å². The minimum atomic E-state index is -4.37. The second-order valence-electron chi connectivity index (χ2n) is 6.43. The van der Waals surface area contributed by atoms with E-state index in [-0.39, 0.29) is 12.3 Å². The van der Waals surface area contributed by atoms with Gasteiger partial charge in [0.25, 0.3) is 0 Å². The van der Waals surface area contributed by atoms with E-state index < -0.39 is 11.7 Å². The number of halogens is 3. The van der Waals surface area contributed by atoms with Crippen molar-refractivity contribution in [1.29, 1.82) is 0 Å². The third kappa shape index (κ3) is 5.45. The zero-order chi connectivity index (χ0) is 20.0. The van der Waals surface area contributed by atoms with Gasteiger partial charge in [0.2, 0.25) is 5.91 Å². The number of imidazole rings is 1. The highest BCUT2D eigenvalue weighted by molar-refractivity contribution is 5.78. The summed E-state index contributed by atoms with van der Waals surface area (Å²) in [6.07, 6.45) is -0.147. The zero-order valence-corrected chi connectivity index (χ0v) is 15.1. The second kappa shape index (κ2) is 8.73. The maximum atomic E-state index is 12.6. The molecule has 0 unspecified atom stereocenters. The zero-order valence-electron chi connectivity index (χ0n) is 15.1. The predicted molar refractivity (Wildman–Crippen MR) is 99.6 cm³/mol. The molecule has 3 rings (SSSR count). The van der Waals surface area contributed by atoms with Crippen LogP contribution in [-0.4, -0.2) is 22.0 Å². The predicted octanol–water partition coefficient (Wildman–Crippen LogP) is 3.85. The molecule has 0 spiro atoms. The lowest BCUT2D eigenvalue weighted by Crippen LogP contribution is -2.28. The molecule has 1 heterocycles. The lowest BCUT2D eigenvalue weighted by molar-refractivity contribution is -0.137. The van der Waals surface area contributed by atoms with Crippen molar-refractivity contribution in [3.63, 3.8) is 0 Å². The topological polar surface area (TPSA) is 46.9 Å². The summed E-state index contributed by atoms with van der Waals surface area (Å²) in [4.78, 5) is 16.4. The van der Waals surface area contributed by atoms with Crippen LogP contribution in [0.2, 0.25) is 0 Å². The van der Waals surface area contributed by atoms with E-state index in [0.29, 0.717) is 25.1 Å². The molecule has 0 fully saturated rings. The third-order valence-electron chi connectivity index (χ3n) is 4.31. The van der Waals surface area contributed by atoms with E-state index in [2.05, 4.69) is 10.3 Å². The fourth-order valence-electron chi connectivity index (χ4n) is 2.87. The summed E-state index contributed by atoms with van der Waals surface area (Å²) in [5, 5.41) is 2.79. The maximum absolute atomic E-state index is 12.6. The van der Waals surface area contributed by atoms with Crippen LogP contribution < -0.4 is 5.32 Å². The van der Waals surface area contributed by atoms with Gasteiger partial charge in [0, 0.05) is 31.9 Å². The quantitative estimate of drug-likeness (QED) is 0.669. The monoisotopic (exact) mass is 387 g/mol. The molecule has 1 amide bonds. The smallest absolute Gasteiger partial charge is 0.355 e. The number of rotatable bonds is 7. The Balaban J connectivity index is 1.48. The van der Waals surface area contributed by atoms with Gasteiger partial charge in [-0.1, -0.05) is 42.5 Å². The van der Waals surface area contributed by atoms with Gasteiger partial charge in [0.15, 0.2) is 0 Å². The molecule has 7 heteroatoms. The van der Waals surface area contributed by atoms with Gasteiger partial charge < -0.3 is 9.88 Å². The lowest BCUT2D eigenvalue weighted by Gasteiger charge is -2.10. The Bertz CT molecular complexity index is 903. The van der Waals surface area contributed by atoms with Crippen LogP contribution in [0.25, 0.3) is 0 Å². The highest BCUT2D eigenvalue weighted by Gasteiger charge is 2.29. The van der Waals surface area contributed by atoms with E-state index in [1.807, 2.05) is 41.1 Å². The van der Waals surface area contributed by atoms with Crippen molar-refractivity contribution in [2.75, 3.05) is 6.54 Å². The van der Waals surface area contributed by atoms with Crippen LogP contribution in [0.5, 0.6) is 0 Å². The molecule has 0 aliphatic rings. The Morgan fingerprint density at radius 1 is 1.00 bits per heavy atom. The van der Waals surface area contributed by atoms with Gasteiger partial charge in [-0.05, 0) is 23.3 Å². The van der Waals surface area contributed by atoms with Crippen molar-refractivity contribution in [1.82, 2.24) is 14.9 Å². The minimum Gasteiger partial charge on any atom is -0.355 e. The highest BCUT2D eigenvalue weighted by Crippen LogP contribution is 2.29. The molecular formula is C21H20F3N3O. The molecule has 2 aromatic carbocycles. The van der Waals surface area contributed by atoms with Crippen molar-refractivity contribution >= 4 is 5.91 Å². The standard InChI is InChI=1S/C21H20F3N3O/c22-21(23,24)18-8-6-16(7-9-18)14-20(28)26-11-10-19-25-12-13-27(19)15-17-4-2-1-3-5-17/h1-9,12-13H,10-11,14-15H2,(H,26,28). The second-order valence-corrected chi connectivity index (χ2v) is 6.43. The van der Waals surface area contributed by atoms with Gasteiger partial charge in [-0.2, -0.15) is 13.2 Å². The van der Waals surface area contributed by atoms with E-state index in [0.717, 1.165) is 23.5 Å². The molecule has 0 bridgehead atoms. The molecule has 28 heavy (non-hydrogen) atoms. The lowest BCUT2D eigenvalue weighted by atomic mass is 10.1. The molecule has 146 valence electrons. The van der Waals surface area contributed by atoms with Crippen molar-refractivity contribution in [3.05, 3.63) is 89.5 Å². The van der Waals surface area contributed by atoms with Crippen LogP contribution in [0.3, 0.4) is 0 Å². The number of carbonyl (C=O) groups is 1. The van der Waals surface area contributed by atoms with E-state index in [4.69, 9.17) is 0 Å². The SMILES string of the molecule is O=C(Cc1ccc(C(F)(F)F)cc1)NCCc1nccn1Cc1ccccc1. The first kappa shape index (κ1) is 19.7. The van der Waals surface area contributed by atoms with Crippen molar-refractivity contribution in [2.24, 2.45) is 0 Å². The Hall–Kier alpha value is -3.09. The largest absolute Gasteiger partial charge is 0.416 e. The first-order valence-electron chi connectivity index (χ1n) is 8.88. The fourth-order valence-corrected chi connectivity index (χ4v) is 2.87. The summed E-state index contributed by atoms with van der Waals surface area (Å²) >= 11 is 0. The molecule has 4 nitrogen and oxygen atoms in total. The molecule has 1 aromatic heterocycles. The van der Waals surface area contributed by atoms with Crippen molar-refractivity contribution < 1.29 is 18.0 Å². The summed E-state index contributed by atoms with van der Waals surface area (Å²) in [5.41, 5.74) is 0.978. The molecule has 0 aliphatic carbocycles. The number of carbonyl (C=O) groups excluding carboxylic acids is 1. The normalized spacial score (nSPS) is 11.4. The molecular weight excluding hydrogens is 367 g/mol. The number of nitrogens with zero attached hydrogens (tertiary/aromatic N) is 2. The third-order valence-corrected chi connectivity index (χ3v) is 4.31. The fraction of sp³-hybridized carbons (Fsp3) is 0.238. The number of hydrogen-bond donors (Lipinski definition) is 1. The summed E-state index contributed by atoms with van der Waals surface area (Å²) < 4.78 is 39.7. The van der Waals surface area contributed by atoms with Crippen LogP contribution in [0.1, 0.15) is 22.5 Å². The summed E-state index contributed by atoms with van der Waals surface area (Å²) in [6, 6.07) is 14.6. The summed E-state index contributed by atoms with van der Waals surface area (Å²) in [6.45, 7) is 1.11. The van der Waals surface area contributed by atoms with E-state index in [1.165, 1.54) is 12.1 Å². The van der Waals surface area contributed by atoms with Gasteiger partial charge in [-0.3, -0.25) is 4.79 Å². The Labute approximate surface area is 161 Å². The molecule has 0 saturated carbocycles. The number of alkyl halides is 3. The molecule has 0 radical (unpaired) electrons. The van der Waals surface area contributed by atoms with Crippen molar-refractivity contribution in [3.8, 4) is 0 Å². The first-order chi connectivity index (χ1) is 13.4. The molecule has 1 N–H and O–H groups in total. The van der Waals surface area contributed by atoms with Crippen molar-refractivity contribution in [2.45, 2.75) is 25.6 Å². The minimum absolute atomic E-state index is 0.0383. The van der Waals surface area contributed by atoms with E-state index in [9.17, 15) is 18.0 Å². The Morgan fingerprint density at radius 2 is 1.71 bits per heavy atom. The van der Waals surface area contributed by atoms with E-state index in [1.54, 1.807) is 6.20 Å². The molecule has 0 saturated heterocycles. The molecule has 0 aliphatic heterocycles. The maximum Gasteiger partial charge on any atom is 0.416 e. The first-order valence-corrected chi connectivity index (χ1v) is 8.88. The van der Waals surface area contributed by atoms with E-state index >= 15 is 0 Å².